The summed E-state index contributed by atoms with van der Waals surface area (Å²) < 4.78 is 32.4. The monoisotopic (exact) mass is 522 g/mol. The van der Waals surface area contributed by atoms with Crippen LogP contribution in [0.4, 0.5) is 5.69 Å². The largest absolute Gasteiger partial charge is 0.489 e. The van der Waals surface area contributed by atoms with Crippen LogP contribution in [0.5, 0.6) is 5.75 Å². The summed E-state index contributed by atoms with van der Waals surface area (Å²) in [6, 6.07) is 23.9. The molecule has 0 spiro atoms. The Morgan fingerprint density at radius 1 is 0.838 bits per heavy atom. The second kappa shape index (κ2) is 11.4. The Bertz CT molecular complexity index is 1280. The van der Waals surface area contributed by atoms with E-state index in [4.69, 9.17) is 4.74 Å². The summed E-state index contributed by atoms with van der Waals surface area (Å²) in [7, 11) is -3.54. The van der Waals surface area contributed by atoms with Gasteiger partial charge in [-0.1, -0.05) is 63.2 Å². The van der Waals surface area contributed by atoms with E-state index in [1.807, 2.05) is 44.2 Å². The number of nitrogens with zero attached hydrogens (tertiary/aromatic N) is 1. The lowest BCUT2D eigenvalue weighted by molar-refractivity contribution is 0.0891. The molecule has 0 heterocycles. The minimum atomic E-state index is -3.54. The van der Waals surface area contributed by atoms with Crippen molar-refractivity contribution in [3.05, 3.63) is 95.6 Å². The highest BCUT2D eigenvalue weighted by atomic mass is 32.2. The van der Waals surface area contributed by atoms with Gasteiger partial charge in [0, 0.05) is 11.1 Å². The van der Waals surface area contributed by atoms with Crippen LogP contribution in [0.1, 0.15) is 62.5 Å². The van der Waals surface area contributed by atoms with Crippen LogP contribution >= 0.6 is 0 Å². The molecule has 0 fully saturated rings. The Hall–Kier alpha value is -3.32. The van der Waals surface area contributed by atoms with E-state index in [0.29, 0.717) is 23.6 Å². The van der Waals surface area contributed by atoms with Gasteiger partial charge < -0.3 is 10.1 Å². The fourth-order valence-electron chi connectivity index (χ4n) is 4.53. The Morgan fingerprint density at radius 3 is 1.97 bits per heavy atom. The SMILES string of the molecule is CC(C)(C)CC(C)(C)NC(=O)c1ccc(CN(c2ccc(OCc3ccccc3)cc2)S(C)(=O)=O)cc1. The molecule has 0 saturated carbocycles. The molecule has 1 N–H and O–H groups in total. The molecule has 0 unspecified atom stereocenters. The molecule has 0 aliphatic carbocycles. The van der Waals surface area contributed by atoms with Crippen molar-refractivity contribution in [2.45, 2.75) is 59.7 Å². The van der Waals surface area contributed by atoms with Crippen LogP contribution < -0.4 is 14.4 Å². The van der Waals surface area contributed by atoms with Gasteiger partial charge in [-0.15, -0.1) is 0 Å². The molecule has 0 aliphatic heterocycles. The average molecular weight is 523 g/mol. The molecule has 3 aromatic carbocycles. The van der Waals surface area contributed by atoms with E-state index >= 15 is 0 Å². The van der Waals surface area contributed by atoms with Crippen LogP contribution in [0.15, 0.2) is 78.9 Å². The zero-order valence-electron chi connectivity index (χ0n) is 22.6. The zero-order valence-corrected chi connectivity index (χ0v) is 23.4. The molecule has 0 aromatic heterocycles. The number of carbonyl (C=O) groups excluding carboxylic acids is 1. The summed E-state index contributed by atoms with van der Waals surface area (Å²) in [6.07, 6.45) is 2.02. The highest BCUT2D eigenvalue weighted by Crippen LogP contribution is 2.27. The van der Waals surface area contributed by atoms with Gasteiger partial charge in [-0.3, -0.25) is 9.10 Å². The second-order valence-electron chi connectivity index (χ2n) is 11.3. The molecule has 0 saturated heterocycles. The lowest BCUT2D eigenvalue weighted by atomic mass is 9.81. The van der Waals surface area contributed by atoms with Crippen LogP contribution in [0.3, 0.4) is 0 Å². The Labute approximate surface area is 221 Å². The zero-order chi connectivity index (χ0) is 27.3. The Morgan fingerprint density at radius 2 is 1.43 bits per heavy atom. The van der Waals surface area contributed by atoms with Gasteiger partial charge in [0.25, 0.3) is 5.91 Å². The Balaban J connectivity index is 1.68. The van der Waals surface area contributed by atoms with Crippen molar-refractivity contribution in [3.63, 3.8) is 0 Å². The van der Waals surface area contributed by atoms with E-state index in [0.717, 1.165) is 17.5 Å². The maximum absolute atomic E-state index is 12.8. The summed E-state index contributed by atoms with van der Waals surface area (Å²) in [5, 5.41) is 3.11. The van der Waals surface area contributed by atoms with Crippen molar-refractivity contribution in [2.75, 3.05) is 10.6 Å². The van der Waals surface area contributed by atoms with Gasteiger partial charge in [-0.05, 0) is 73.2 Å². The van der Waals surface area contributed by atoms with Crippen LogP contribution in [-0.4, -0.2) is 26.1 Å². The molecule has 37 heavy (non-hydrogen) atoms. The number of amides is 1. The third-order valence-electron chi connectivity index (χ3n) is 5.74. The fraction of sp³-hybridized carbons (Fsp3) is 0.367. The molecule has 7 heteroatoms. The van der Waals surface area contributed by atoms with Crippen LogP contribution in [0, 0.1) is 5.41 Å². The summed E-state index contributed by atoms with van der Waals surface area (Å²) in [6.45, 7) is 11.1. The molecule has 1 amide bonds. The lowest BCUT2D eigenvalue weighted by Gasteiger charge is -2.33. The molecular weight excluding hydrogens is 484 g/mol. The standard InChI is InChI=1S/C30H38N2O4S/c1-29(2,3)22-30(4,5)31-28(33)25-14-12-23(13-15-25)20-32(37(6,34)35)26-16-18-27(19-17-26)36-21-24-10-8-7-9-11-24/h7-19H,20-22H2,1-6H3,(H,31,33). The quantitative estimate of drug-likeness (QED) is 0.345. The van der Waals surface area contributed by atoms with Crippen molar-refractivity contribution in [1.82, 2.24) is 5.32 Å². The van der Waals surface area contributed by atoms with Gasteiger partial charge in [0.05, 0.1) is 18.5 Å². The molecule has 0 bridgehead atoms. The van der Waals surface area contributed by atoms with Crippen molar-refractivity contribution in [3.8, 4) is 5.75 Å². The number of hydrogen-bond acceptors (Lipinski definition) is 4. The molecule has 3 aromatic rings. The highest BCUT2D eigenvalue weighted by molar-refractivity contribution is 7.92. The molecule has 3 rings (SSSR count). The Kier molecular flexibility index (Phi) is 8.69. The minimum Gasteiger partial charge on any atom is -0.489 e. The van der Waals surface area contributed by atoms with E-state index in [1.54, 1.807) is 48.5 Å². The number of sulfonamides is 1. The molecule has 6 nitrogen and oxygen atoms in total. The number of nitrogens with one attached hydrogen (secondary N) is 1. The van der Waals surface area contributed by atoms with Crippen LogP contribution in [0.25, 0.3) is 0 Å². The number of hydrogen-bond donors (Lipinski definition) is 1. The number of benzene rings is 3. The summed E-state index contributed by atoms with van der Waals surface area (Å²) >= 11 is 0. The maximum atomic E-state index is 12.8. The average Bonchev–Trinajstić information content (AvgIpc) is 2.80. The summed E-state index contributed by atoms with van der Waals surface area (Å²) in [5.41, 5.74) is 2.65. The molecular formula is C30H38N2O4S. The third kappa shape index (κ3) is 8.93. The lowest BCUT2D eigenvalue weighted by Crippen LogP contribution is -2.45. The number of ether oxygens (including phenoxy) is 1. The molecule has 198 valence electrons. The van der Waals surface area contributed by atoms with E-state index in [9.17, 15) is 13.2 Å². The molecule has 0 atom stereocenters. The van der Waals surface area contributed by atoms with Crippen LogP contribution in [0.2, 0.25) is 0 Å². The number of rotatable bonds is 10. The van der Waals surface area contributed by atoms with Crippen molar-refractivity contribution < 1.29 is 17.9 Å². The topological polar surface area (TPSA) is 75.7 Å². The normalized spacial score (nSPS) is 12.2. The van der Waals surface area contributed by atoms with E-state index < -0.39 is 10.0 Å². The molecule has 0 aliphatic rings. The van der Waals surface area contributed by atoms with E-state index in [2.05, 4.69) is 26.1 Å². The third-order valence-corrected chi connectivity index (χ3v) is 6.88. The number of carbonyl (C=O) groups is 1. The van der Waals surface area contributed by atoms with Gasteiger partial charge in [-0.2, -0.15) is 0 Å². The van der Waals surface area contributed by atoms with Crippen molar-refractivity contribution >= 4 is 21.6 Å². The van der Waals surface area contributed by atoms with E-state index in [-0.39, 0.29) is 23.4 Å². The van der Waals surface area contributed by atoms with Gasteiger partial charge in [-0.25, -0.2) is 8.42 Å². The van der Waals surface area contributed by atoms with Gasteiger partial charge >= 0.3 is 0 Å². The first-order valence-corrected chi connectivity index (χ1v) is 14.2. The first kappa shape index (κ1) is 28.3. The second-order valence-corrected chi connectivity index (χ2v) is 13.2. The first-order chi connectivity index (χ1) is 17.2. The van der Waals surface area contributed by atoms with Crippen LogP contribution in [-0.2, 0) is 23.2 Å². The number of anilines is 1. The maximum Gasteiger partial charge on any atom is 0.251 e. The predicted octanol–water partition coefficient (Wildman–Crippen LogP) is 6.18. The summed E-state index contributed by atoms with van der Waals surface area (Å²) in [4.78, 5) is 12.8. The fourth-order valence-corrected chi connectivity index (χ4v) is 5.41. The van der Waals surface area contributed by atoms with Crippen molar-refractivity contribution in [2.24, 2.45) is 5.41 Å². The smallest absolute Gasteiger partial charge is 0.251 e. The predicted molar refractivity (Wildman–Crippen MR) is 150 cm³/mol. The van der Waals surface area contributed by atoms with Gasteiger partial charge in [0.2, 0.25) is 10.0 Å². The first-order valence-electron chi connectivity index (χ1n) is 12.4. The summed E-state index contributed by atoms with van der Waals surface area (Å²) in [5.74, 6) is 0.512. The molecule has 0 radical (unpaired) electrons. The minimum absolute atomic E-state index is 0.0853. The highest BCUT2D eigenvalue weighted by Gasteiger charge is 2.27. The van der Waals surface area contributed by atoms with Gasteiger partial charge in [0.15, 0.2) is 0 Å². The van der Waals surface area contributed by atoms with Gasteiger partial charge in [0.1, 0.15) is 12.4 Å². The van der Waals surface area contributed by atoms with Crippen molar-refractivity contribution in [1.29, 1.82) is 0 Å². The van der Waals surface area contributed by atoms with E-state index in [1.165, 1.54) is 10.6 Å².